The third kappa shape index (κ3) is 55.9. The summed E-state index contributed by atoms with van der Waals surface area (Å²) in [5.74, 6) is -0.190. The number of aliphatic hydroxyl groups excluding tert-OH is 5. The van der Waals surface area contributed by atoms with E-state index >= 15 is 0 Å². The Balaban J connectivity index is 2.15. The number of ether oxygens (including phenoxy) is 2. The molecule has 1 amide bonds. The van der Waals surface area contributed by atoms with Crippen LogP contribution in [0, 0.1) is 0 Å². The van der Waals surface area contributed by atoms with E-state index < -0.39 is 49.5 Å². The van der Waals surface area contributed by atoms with Crippen molar-refractivity contribution < 1.29 is 39.8 Å². The van der Waals surface area contributed by atoms with Crippen molar-refractivity contribution in [2.75, 3.05) is 13.2 Å². The zero-order valence-electron chi connectivity index (χ0n) is 57.4. The van der Waals surface area contributed by atoms with Crippen LogP contribution in [-0.2, 0) is 14.3 Å². The van der Waals surface area contributed by atoms with Crippen LogP contribution in [0.2, 0.25) is 0 Å². The van der Waals surface area contributed by atoms with Crippen molar-refractivity contribution in [3.8, 4) is 0 Å². The van der Waals surface area contributed by atoms with Gasteiger partial charge >= 0.3 is 0 Å². The van der Waals surface area contributed by atoms with E-state index in [1.807, 2.05) is 6.08 Å². The van der Waals surface area contributed by atoms with Gasteiger partial charge < -0.3 is 40.3 Å². The van der Waals surface area contributed by atoms with Crippen molar-refractivity contribution in [3.63, 3.8) is 0 Å². The number of unbranched alkanes of at least 4 members (excludes halogenated alkanes) is 36. The van der Waals surface area contributed by atoms with Gasteiger partial charge in [0.05, 0.1) is 25.4 Å². The molecule has 0 bridgehead atoms. The Morgan fingerprint density at radius 1 is 0.393 bits per heavy atom. The molecule has 0 aliphatic carbocycles. The van der Waals surface area contributed by atoms with E-state index in [4.69, 9.17) is 9.47 Å². The van der Waals surface area contributed by atoms with E-state index in [0.29, 0.717) is 6.42 Å². The zero-order valence-corrected chi connectivity index (χ0v) is 57.4. The van der Waals surface area contributed by atoms with Crippen molar-refractivity contribution >= 4 is 5.91 Å². The van der Waals surface area contributed by atoms with Gasteiger partial charge in [-0.3, -0.25) is 4.79 Å². The van der Waals surface area contributed by atoms with Crippen LogP contribution in [0.1, 0.15) is 322 Å². The predicted octanol–water partition coefficient (Wildman–Crippen LogP) is 21.0. The Bertz CT molecular complexity index is 1830. The number of carbonyl (C=O) groups is 1. The molecule has 6 N–H and O–H groups in total. The van der Waals surface area contributed by atoms with Crippen LogP contribution < -0.4 is 5.32 Å². The first kappa shape index (κ1) is 83.6. The highest BCUT2D eigenvalue weighted by Gasteiger charge is 2.44. The molecule has 0 aromatic carbocycles. The molecule has 1 fully saturated rings. The van der Waals surface area contributed by atoms with Crippen molar-refractivity contribution in [1.29, 1.82) is 0 Å². The summed E-state index contributed by atoms with van der Waals surface area (Å²) < 4.78 is 11.3. The van der Waals surface area contributed by atoms with Crippen LogP contribution >= 0.6 is 0 Å². The fourth-order valence-corrected chi connectivity index (χ4v) is 11.3. The maximum atomic E-state index is 13.1. The highest BCUT2D eigenvalue weighted by molar-refractivity contribution is 5.76. The Hall–Kier alpha value is -3.41. The molecule has 1 aliphatic heterocycles. The number of hydrogen-bond donors (Lipinski definition) is 6. The van der Waals surface area contributed by atoms with Gasteiger partial charge in [-0.05, 0) is 96.3 Å². The molecule has 0 spiro atoms. The van der Waals surface area contributed by atoms with Gasteiger partial charge in [0.15, 0.2) is 6.29 Å². The molecule has 89 heavy (non-hydrogen) atoms. The average Bonchev–Trinajstić information content (AvgIpc) is 2.28. The fraction of sp³-hybridized carbons (Fsp3) is 0.738. The highest BCUT2D eigenvalue weighted by Crippen LogP contribution is 2.23. The topological polar surface area (TPSA) is 149 Å². The Morgan fingerprint density at radius 3 is 1.08 bits per heavy atom. The van der Waals surface area contributed by atoms with E-state index in [9.17, 15) is 30.3 Å². The summed E-state index contributed by atoms with van der Waals surface area (Å²) in [6.07, 6.45) is 94.6. The number of nitrogens with one attached hydrogen (secondary N) is 1. The summed E-state index contributed by atoms with van der Waals surface area (Å²) >= 11 is 0. The molecule has 0 aromatic rings. The van der Waals surface area contributed by atoms with E-state index in [0.717, 1.165) is 89.9 Å². The molecule has 1 aliphatic rings. The number of hydrogen-bond acceptors (Lipinski definition) is 8. The van der Waals surface area contributed by atoms with Gasteiger partial charge in [0.1, 0.15) is 24.4 Å². The Labute approximate surface area is 548 Å². The molecule has 512 valence electrons. The SMILES string of the molecule is CC/C=C\C/C=C\C/C=C\C/C=C\C/C=C\C/C=C\C/C=C\C/C=C\CCCCCCCCCCCCCCC(=O)NC(COC1OC(CO)C(O)C(O)C1O)C(O)/C=C/CC/C=C/CCCCCCCCCCCCCCCCCCCCCCCCC. The van der Waals surface area contributed by atoms with E-state index in [1.165, 1.54) is 212 Å². The lowest BCUT2D eigenvalue weighted by Crippen LogP contribution is -2.60. The van der Waals surface area contributed by atoms with E-state index in [2.05, 4.69) is 129 Å². The minimum Gasteiger partial charge on any atom is -0.394 e. The Kier molecular flexibility index (Phi) is 63.4. The molecule has 0 aromatic heterocycles. The van der Waals surface area contributed by atoms with Crippen LogP contribution in [0.15, 0.2) is 122 Å². The quantitative estimate of drug-likeness (QED) is 0.0261. The summed E-state index contributed by atoms with van der Waals surface area (Å²) in [4.78, 5) is 13.1. The number of rotatable bonds is 64. The van der Waals surface area contributed by atoms with Crippen LogP contribution in [0.4, 0.5) is 0 Å². The van der Waals surface area contributed by atoms with Gasteiger partial charge in [0, 0.05) is 6.42 Å². The molecule has 0 radical (unpaired) electrons. The molecule has 9 heteroatoms. The largest absolute Gasteiger partial charge is 0.394 e. The first-order valence-electron chi connectivity index (χ1n) is 37.3. The summed E-state index contributed by atoms with van der Waals surface area (Å²) in [6, 6.07) is -0.832. The minimum atomic E-state index is -1.58. The van der Waals surface area contributed by atoms with Crippen molar-refractivity contribution in [3.05, 3.63) is 122 Å². The van der Waals surface area contributed by atoms with Crippen molar-refractivity contribution in [2.24, 2.45) is 0 Å². The number of carbonyl (C=O) groups excluding carboxylic acids is 1. The number of aliphatic hydroxyl groups is 5. The monoisotopic (exact) mass is 1240 g/mol. The minimum absolute atomic E-state index is 0.190. The summed E-state index contributed by atoms with van der Waals surface area (Å²) in [7, 11) is 0. The van der Waals surface area contributed by atoms with Gasteiger partial charge in [0.25, 0.3) is 0 Å². The number of allylic oxidation sites excluding steroid dienone is 19. The van der Waals surface area contributed by atoms with E-state index in [-0.39, 0.29) is 12.5 Å². The molecule has 7 atom stereocenters. The maximum Gasteiger partial charge on any atom is 0.220 e. The van der Waals surface area contributed by atoms with Gasteiger partial charge in [-0.15, -0.1) is 0 Å². The van der Waals surface area contributed by atoms with Crippen molar-refractivity contribution in [2.45, 2.75) is 365 Å². The lowest BCUT2D eigenvalue weighted by Gasteiger charge is -2.40. The van der Waals surface area contributed by atoms with E-state index in [1.54, 1.807) is 6.08 Å². The predicted molar refractivity (Wildman–Crippen MR) is 382 cm³/mol. The second-order valence-electron chi connectivity index (χ2n) is 25.3. The first-order chi connectivity index (χ1) is 43.8. The van der Waals surface area contributed by atoms with Crippen LogP contribution in [-0.4, -0.2) is 87.5 Å². The molecule has 7 unspecified atom stereocenters. The fourth-order valence-electron chi connectivity index (χ4n) is 11.3. The lowest BCUT2D eigenvalue weighted by atomic mass is 9.99. The van der Waals surface area contributed by atoms with Crippen molar-refractivity contribution in [1.82, 2.24) is 5.32 Å². The average molecular weight is 1240 g/mol. The molecule has 1 heterocycles. The second kappa shape index (κ2) is 67.5. The molecule has 1 saturated heterocycles. The second-order valence-corrected chi connectivity index (χ2v) is 25.3. The molecular weight excluding hydrogens is 1100 g/mol. The smallest absolute Gasteiger partial charge is 0.220 e. The lowest BCUT2D eigenvalue weighted by molar-refractivity contribution is -0.302. The van der Waals surface area contributed by atoms with Gasteiger partial charge in [0.2, 0.25) is 5.91 Å². The summed E-state index contributed by atoms with van der Waals surface area (Å²) in [6.45, 7) is 3.68. The maximum absolute atomic E-state index is 13.1. The molecular formula is C80H139NO8. The Morgan fingerprint density at radius 2 is 0.708 bits per heavy atom. The normalized spacial score (nSPS) is 18.6. The summed E-state index contributed by atoms with van der Waals surface area (Å²) in [5, 5.41) is 54.8. The van der Waals surface area contributed by atoms with Gasteiger partial charge in [-0.1, -0.05) is 341 Å². The first-order valence-corrected chi connectivity index (χ1v) is 37.3. The van der Waals surface area contributed by atoms with Crippen LogP contribution in [0.25, 0.3) is 0 Å². The third-order valence-corrected chi connectivity index (χ3v) is 17.0. The summed E-state index contributed by atoms with van der Waals surface area (Å²) in [5.41, 5.74) is 0. The molecule has 9 nitrogen and oxygen atoms in total. The van der Waals surface area contributed by atoms with Gasteiger partial charge in [-0.2, -0.15) is 0 Å². The van der Waals surface area contributed by atoms with Gasteiger partial charge in [-0.25, -0.2) is 0 Å². The standard InChI is InChI=1S/C80H139NO8/c1-3-5-7-9-11-13-15-17-19-21-23-25-27-29-31-33-34-35-36-37-38-39-40-42-44-46-48-50-52-54-56-58-60-62-64-66-68-70-76(84)81-73(72-88-80-79(87)78(86)77(85)75(71-82)89-80)74(83)69-67-65-63-61-59-57-55-53-51-49-47-45-43-41-32-30-28-26-24-22-20-18-16-14-12-10-8-6-4-2/h5,7,11,13,17,19,23,25,29,31,34-35,37-38,40,42,59,61,67,69,73-75,77-80,82-83,85-87H,3-4,6,8-10,12,14-16,18,20-22,24,26-28,30,32-33,36,39,41,43-58,60,62-66,68,70-72H2,1-2H3,(H,81,84)/b7-5-,13-11-,19-17-,25-23-,31-29-,35-34-,38-37-,42-40-,61-59+,69-67+. The van der Waals surface area contributed by atoms with Crippen LogP contribution in [0.5, 0.6) is 0 Å². The zero-order chi connectivity index (χ0) is 64.2. The number of amides is 1. The molecule has 1 rings (SSSR count). The third-order valence-electron chi connectivity index (χ3n) is 17.0. The van der Waals surface area contributed by atoms with Crippen LogP contribution in [0.3, 0.4) is 0 Å². The highest BCUT2D eigenvalue weighted by atomic mass is 16.7. The molecule has 0 saturated carbocycles.